The molecule has 1 aliphatic heterocycles. The highest BCUT2D eigenvalue weighted by atomic mass is 16.5. The molecular weight excluding hydrogens is 364 g/mol. The molecule has 1 aromatic heterocycles. The first-order chi connectivity index (χ1) is 14.3. The lowest BCUT2D eigenvalue weighted by molar-refractivity contribution is -0.116. The van der Waals surface area contributed by atoms with E-state index in [0.29, 0.717) is 6.54 Å². The summed E-state index contributed by atoms with van der Waals surface area (Å²) < 4.78 is 7.33. The Bertz CT molecular complexity index is 942. The van der Waals surface area contributed by atoms with Crippen molar-refractivity contribution in [2.45, 2.75) is 6.54 Å². The van der Waals surface area contributed by atoms with Crippen molar-refractivity contribution in [1.29, 1.82) is 0 Å². The van der Waals surface area contributed by atoms with Crippen LogP contribution in [-0.2, 0) is 16.1 Å². The predicted molar refractivity (Wildman–Crippen MR) is 114 cm³/mol. The molecule has 0 atom stereocenters. The minimum atomic E-state index is -0.110. The average molecular weight is 388 g/mol. The molecule has 1 saturated heterocycles. The van der Waals surface area contributed by atoms with Gasteiger partial charge in [-0.25, -0.2) is 4.98 Å². The Morgan fingerprint density at radius 2 is 1.76 bits per heavy atom. The van der Waals surface area contributed by atoms with Crippen LogP contribution in [0, 0.1) is 0 Å². The molecule has 148 valence electrons. The van der Waals surface area contributed by atoms with Gasteiger partial charge in [-0.1, -0.05) is 24.3 Å². The van der Waals surface area contributed by atoms with Gasteiger partial charge in [0.15, 0.2) is 0 Å². The van der Waals surface area contributed by atoms with E-state index in [2.05, 4.69) is 27.3 Å². The maximum absolute atomic E-state index is 12.1. The quantitative estimate of drug-likeness (QED) is 0.660. The minimum absolute atomic E-state index is 0.110. The highest BCUT2D eigenvalue weighted by Gasteiger charge is 2.10. The Hall–Kier alpha value is -3.38. The third-order valence-corrected chi connectivity index (χ3v) is 4.90. The summed E-state index contributed by atoms with van der Waals surface area (Å²) in [4.78, 5) is 18.5. The van der Waals surface area contributed by atoms with Gasteiger partial charge in [0.25, 0.3) is 0 Å². The van der Waals surface area contributed by atoms with Crippen LogP contribution in [0.25, 0.3) is 11.8 Å². The summed E-state index contributed by atoms with van der Waals surface area (Å²) >= 11 is 0. The number of hydrogen-bond donors (Lipinski definition) is 1. The van der Waals surface area contributed by atoms with Crippen LogP contribution in [0.1, 0.15) is 11.1 Å². The predicted octanol–water partition coefficient (Wildman–Crippen LogP) is 3.04. The molecule has 0 radical (unpaired) electrons. The van der Waals surface area contributed by atoms with E-state index < -0.39 is 0 Å². The number of rotatable bonds is 6. The van der Waals surface area contributed by atoms with Gasteiger partial charge in [-0.15, -0.1) is 0 Å². The van der Waals surface area contributed by atoms with Gasteiger partial charge < -0.3 is 19.5 Å². The van der Waals surface area contributed by atoms with Crippen LogP contribution >= 0.6 is 0 Å². The lowest BCUT2D eigenvalue weighted by atomic mass is 10.1. The molecule has 0 saturated carbocycles. The van der Waals surface area contributed by atoms with Crippen molar-refractivity contribution in [2.24, 2.45) is 0 Å². The van der Waals surface area contributed by atoms with E-state index in [-0.39, 0.29) is 5.91 Å². The molecular formula is C23H24N4O2. The van der Waals surface area contributed by atoms with Gasteiger partial charge in [0.05, 0.1) is 19.5 Å². The molecule has 1 fully saturated rings. The first-order valence-electron chi connectivity index (χ1n) is 9.74. The number of nitrogens with zero attached hydrogens (tertiary/aromatic N) is 3. The van der Waals surface area contributed by atoms with Crippen molar-refractivity contribution in [3.63, 3.8) is 0 Å². The van der Waals surface area contributed by atoms with Crippen molar-refractivity contribution in [1.82, 2.24) is 14.9 Å². The number of hydrogen-bond acceptors (Lipinski definition) is 4. The van der Waals surface area contributed by atoms with E-state index in [1.165, 1.54) is 5.69 Å². The molecule has 0 unspecified atom stereocenters. The Balaban J connectivity index is 1.27. The summed E-state index contributed by atoms with van der Waals surface area (Å²) in [5.41, 5.74) is 4.28. The van der Waals surface area contributed by atoms with E-state index in [4.69, 9.17) is 4.74 Å². The van der Waals surface area contributed by atoms with E-state index >= 15 is 0 Å². The van der Waals surface area contributed by atoms with Crippen molar-refractivity contribution >= 4 is 17.7 Å². The zero-order valence-corrected chi connectivity index (χ0v) is 16.2. The van der Waals surface area contributed by atoms with Gasteiger partial charge in [-0.3, -0.25) is 4.79 Å². The number of ether oxygens (including phenoxy) is 1. The molecule has 1 N–H and O–H groups in total. The molecule has 1 aliphatic rings. The lowest BCUT2D eigenvalue weighted by Gasteiger charge is -2.28. The SMILES string of the molecule is O=C(C=Cc1ccc(N2CCOCC2)cc1)NCc1ccc(-n2ccnc2)cc1. The van der Waals surface area contributed by atoms with Crippen molar-refractivity contribution < 1.29 is 9.53 Å². The number of imidazole rings is 1. The second kappa shape index (κ2) is 9.21. The van der Waals surface area contributed by atoms with Gasteiger partial charge in [-0.2, -0.15) is 0 Å². The Morgan fingerprint density at radius 1 is 1.03 bits per heavy atom. The van der Waals surface area contributed by atoms with E-state index in [9.17, 15) is 4.79 Å². The Morgan fingerprint density at radius 3 is 2.45 bits per heavy atom. The summed E-state index contributed by atoms with van der Waals surface area (Å²) in [6.45, 7) is 3.87. The number of amides is 1. The summed E-state index contributed by atoms with van der Waals surface area (Å²) in [6, 6.07) is 16.3. The van der Waals surface area contributed by atoms with Crippen LogP contribution in [0.15, 0.2) is 73.3 Å². The van der Waals surface area contributed by atoms with Crippen LogP contribution in [-0.4, -0.2) is 41.8 Å². The molecule has 2 aromatic carbocycles. The maximum Gasteiger partial charge on any atom is 0.244 e. The fraction of sp³-hybridized carbons (Fsp3) is 0.217. The molecule has 6 nitrogen and oxygen atoms in total. The van der Waals surface area contributed by atoms with Crippen LogP contribution < -0.4 is 10.2 Å². The largest absolute Gasteiger partial charge is 0.378 e. The molecule has 29 heavy (non-hydrogen) atoms. The summed E-state index contributed by atoms with van der Waals surface area (Å²) in [7, 11) is 0. The van der Waals surface area contributed by atoms with Crippen molar-refractivity contribution in [2.75, 3.05) is 31.2 Å². The van der Waals surface area contributed by atoms with Gasteiger partial charge in [0, 0.05) is 49.5 Å². The standard InChI is InChI=1S/C23H24N4O2/c28-23(25-17-20-3-8-22(9-4-20)27-12-11-24-18-27)10-5-19-1-6-21(7-2-19)26-13-15-29-16-14-26/h1-12,18H,13-17H2,(H,25,28). The Labute approximate surface area is 170 Å². The molecule has 0 bridgehead atoms. The fourth-order valence-electron chi connectivity index (χ4n) is 3.24. The number of benzene rings is 2. The third kappa shape index (κ3) is 5.12. The molecule has 0 aliphatic carbocycles. The third-order valence-electron chi connectivity index (χ3n) is 4.90. The summed E-state index contributed by atoms with van der Waals surface area (Å²) in [5, 5.41) is 2.92. The number of nitrogens with one attached hydrogen (secondary N) is 1. The monoisotopic (exact) mass is 388 g/mol. The zero-order valence-electron chi connectivity index (χ0n) is 16.2. The first-order valence-corrected chi connectivity index (χ1v) is 9.74. The number of morpholine rings is 1. The average Bonchev–Trinajstić information content (AvgIpc) is 3.33. The summed E-state index contributed by atoms with van der Waals surface area (Å²) in [6.07, 6.45) is 8.81. The Kier molecular flexibility index (Phi) is 6.02. The molecule has 2 heterocycles. The van der Waals surface area contributed by atoms with Crippen molar-refractivity contribution in [3.8, 4) is 5.69 Å². The second-order valence-corrected chi connectivity index (χ2v) is 6.88. The van der Waals surface area contributed by atoms with Gasteiger partial charge in [0.2, 0.25) is 5.91 Å². The fourth-order valence-corrected chi connectivity index (χ4v) is 3.24. The van der Waals surface area contributed by atoms with Crippen LogP contribution in [0.2, 0.25) is 0 Å². The highest BCUT2D eigenvalue weighted by Crippen LogP contribution is 2.17. The normalized spacial score (nSPS) is 14.3. The number of anilines is 1. The second-order valence-electron chi connectivity index (χ2n) is 6.88. The van der Waals surface area contributed by atoms with E-state index in [1.807, 2.05) is 53.2 Å². The zero-order chi connectivity index (χ0) is 19.9. The topological polar surface area (TPSA) is 59.4 Å². The first kappa shape index (κ1) is 19.0. The van der Waals surface area contributed by atoms with E-state index in [0.717, 1.165) is 43.1 Å². The number of carbonyl (C=O) groups excluding carboxylic acids is 1. The molecule has 6 heteroatoms. The maximum atomic E-state index is 12.1. The van der Waals surface area contributed by atoms with Crippen LogP contribution in [0.4, 0.5) is 5.69 Å². The number of aromatic nitrogens is 2. The molecule has 1 amide bonds. The van der Waals surface area contributed by atoms with Crippen LogP contribution in [0.5, 0.6) is 0 Å². The smallest absolute Gasteiger partial charge is 0.244 e. The lowest BCUT2D eigenvalue weighted by Crippen LogP contribution is -2.36. The number of carbonyl (C=O) groups is 1. The minimum Gasteiger partial charge on any atom is -0.378 e. The summed E-state index contributed by atoms with van der Waals surface area (Å²) in [5.74, 6) is -0.110. The van der Waals surface area contributed by atoms with Gasteiger partial charge in [-0.05, 0) is 41.5 Å². The van der Waals surface area contributed by atoms with Crippen molar-refractivity contribution in [3.05, 3.63) is 84.5 Å². The molecule has 0 spiro atoms. The van der Waals surface area contributed by atoms with Crippen LogP contribution in [0.3, 0.4) is 0 Å². The van der Waals surface area contributed by atoms with Gasteiger partial charge >= 0.3 is 0 Å². The molecule has 3 aromatic rings. The highest BCUT2D eigenvalue weighted by molar-refractivity contribution is 5.91. The molecule has 4 rings (SSSR count). The van der Waals surface area contributed by atoms with Gasteiger partial charge in [0.1, 0.15) is 0 Å². The van der Waals surface area contributed by atoms with E-state index in [1.54, 1.807) is 18.6 Å².